The van der Waals surface area contributed by atoms with Crippen molar-refractivity contribution in [2.45, 2.75) is 37.7 Å². The molecule has 0 unspecified atom stereocenters. The molecule has 0 radical (unpaired) electrons. The quantitative estimate of drug-likeness (QED) is 0.471. The van der Waals surface area contributed by atoms with Crippen LogP contribution in [0.15, 0.2) is 40.8 Å². The molecular formula is C18H23NO4S. The van der Waals surface area contributed by atoms with Gasteiger partial charge in [-0.25, -0.2) is 9.59 Å². The third kappa shape index (κ3) is 5.30. The number of benzene rings is 1. The molecule has 6 heteroatoms. The van der Waals surface area contributed by atoms with Gasteiger partial charge in [-0.3, -0.25) is 0 Å². The SMILES string of the molecule is CSc1ccc(OC(=O)C2=CCCN(C(=O)OC(C)(C)C)C2)cc1. The number of thioether (sulfide) groups is 1. The van der Waals surface area contributed by atoms with Gasteiger partial charge in [0.05, 0.1) is 12.1 Å². The Labute approximate surface area is 147 Å². The minimum atomic E-state index is -0.558. The van der Waals surface area contributed by atoms with E-state index in [0.717, 1.165) is 4.90 Å². The summed E-state index contributed by atoms with van der Waals surface area (Å²) in [6.45, 7) is 6.19. The predicted molar refractivity (Wildman–Crippen MR) is 94.4 cm³/mol. The molecule has 0 N–H and O–H groups in total. The van der Waals surface area contributed by atoms with Gasteiger partial charge in [0.25, 0.3) is 0 Å². The average molecular weight is 349 g/mol. The van der Waals surface area contributed by atoms with E-state index in [0.29, 0.717) is 24.3 Å². The van der Waals surface area contributed by atoms with Crippen LogP contribution < -0.4 is 4.74 Å². The lowest BCUT2D eigenvalue weighted by Gasteiger charge is -2.29. The van der Waals surface area contributed by atoms with Crippen molar-refractivity contribution in [1.29, 1.82) is 0 Å². The van der Waals surface area contributed by atoms with E-state index in [1.54, 1.807) is 23.9 Å². The summed E-state index contributed by atoms with van der Waals surface area (Å²) in [4.78, 5) is 27.1. The number of carbonyl (C=O) groups excluding carboxylic acids is 2. The number of nitrogens with zero attached hydrogens (tertiary/aromatic N) is 1. The number of rotatable bonds is 3. The number of hydrogen-bond acceptors (Lipinski definition) is 5. The monoisotopic (exact) mass is 349 g/mol. The number of hydrogen-bond donors (Lipinski definition) is 0. The molecule has 0 saturated heterocycles. The fraction of sp³-hybridized carbons (Fsp3) is 0.444. The number of esters is 1. The van der Waals surface area contributed by atoms with E-state index in [9.17, 15) is 9.59 Å². The molecule has 0 atom stereocenters. The molecule has 0 bridgehead atoms. The first-order valence-electron chi connectivity index (χ1n) is 7.82. The Bertz CT molecular complexity index is 631. The van der Waals surface area contributed by atoms with Gasteiger partial charge in [-0.15, -0.1) is 11.8 Å². The molecule has 24 heavy (non-hydrogen) atoms. The maximum absolute atomic E-state index is 12.3. The molecule has 5 nitrogen and oxygen atoms in total. The largest absolute Gasteiger partial charge is 0.444 e. The second kappa shape index (κ2) is 7.75. The van der Waals surface area contributed by atoms with Crippen LogP contribution in [0.4, 0.5) is 4.79 Å². The van der Waals surface area contributed by atoms with Crippen LogP contribution in [-0.2, 0) is 9.53 Å². The summed E-state index contributed by atoms with van der Waals surface area (Å²) in [5.74, 6) is 0.0632. The topological polar surface area (TPSA) is 55.8 Å². The number of ether oxygens (including phenoxy) is 2. The average Bonchev–Trinajstić information content (AvgIpc) is 2.54. The first-order chi connectivity index (χ1) is 11.3. The van der Waals surface area contributed by atoms with Crippen molar-refractivity contribution in [2.24, 2.45) is 0 Å². The molecule has 0 saturated carbocycles. The van der Waals surface area contributed by atoms with Crippen LogP contribution in [0.25, 0.3) is 0 Å². The van der Waals surface area contributed by atoms with Crippen molar-refractivity contribution in [2.75, 3.05) is 19.3 Å². The van der Waals surface area contributed by atoms with Crippen LogP contribution >= 0.6 is 11.8 Å². The molecule has 1 aliphatic rings. The molecule has 2 rings (SSSR count). The Morgan fingerprint density at radius 1 is 1.17 bits per heavy atom. The molecule has 0 spiro atoms. The van der Waals surface area contributed by atoms with Gasteiger partial charge in [0.15, 0.2) is 0 Å². The van der Waals surface area contributed by atoms with E-state index in [4.69, 9.17) is 9.47 Å². The normalized spacial score (nSPS) is 14.8. The van der Waals surface area contributed by atoms with Crippen LogP contribution in [0, 0.1) is 0 Å². The first-order valence-corrected chi connectivity index (χ1v) is 9.04. The fourth-order valence-electron chi connectivity index (χ4n) is 2.19. The van der Waals surface area contributed by atoms with E-state index in [1.807, 2.05) is 45.2 Å². The van der Waals surface area contributed by atoms with Crippen molar-refractivity contribution in [3.63, 3.8) is 0 Å². The maximum Gasteiger partial charge on any atom is 0.410 e. The van der Waals surface area contributed by atoms with E-state index in [1.165, 1.54) is 4.90 Å². The summed E-state index contributed by atoms with van der Waals surface area (Å²) in [5.41, 5.74) is -0.0844. The van der Waals surface area contributed by atoms with Gasteiger partial charge in [0.2, 0.25) is 0 Å². The zero-order valence-corrected chi connectivity index (χ0v) is 15.3. The minimum Gasteiger partial charge on any atom is -0.444 e. The Balaban J connectivity index is 1.96. The van der Waals surface area contributed by atoms with Crippen molar-refractivity contribution in [3.8, 4) is 5.75 Å². The number of carbonyl (C=O) groups is 2. The second-order valence-corrected chi connectivity index (χ2v) is 7.36. The van der Waals surface area contributed by atoms with E-state index in [-0.39, 0.29) is 6.54 Å². The van der Waals surface area contributed by atoms with Gasteiger partial charge < -0.3 is 14.4 Å². The van der Waals surface area contributed by atoms with E-state index < -0.39 is 17.7 Å². The van der Waals surface area contributed by atoms with Crippen molar-refractivity contribution in [1.82, 2.24) is 4.90 Å². The van der Waals surface area contributed by atoms with Gasteiger partial charge in [-0.2, -0.15) is 0 Å². The molecule has 1 amide bonds. The smallest absolute Gasteiger partial charge is 0.410 e. The summed E-state index contributed by atoms with van der Waals surface area (Å²) in [5, 5.41) is 0. The second-order valence-electron chi connectivity index (χ2n) is 6.48. The lowest BCUT2D eigenvalue weighted by molar-refractivity contribution is -0.130. The Hall–Kier alpha value is -1.95. The van der Waals surface area contributed by atoms with Gasteiger partial charge in [-0.05, 0) is 57.7 Å². The van der Waals surface area contributed by atoms with Crippen LogP contribution in [0.3, 0.4) is 0 Å². The summed E-state index contributed by atoms with van der Waals surface area (Å²) >= 11 is 1.62. The molecule has 0 fully saturated rings. The maximum atomic E-state index is 12.3. The third-order valence-corrected chi connectivity index (χ3v) is 4.08. The van der Waals surface area contributed by atoms with Gasteiger partial charge in [0.1, 0.15) is 11.4 Å². The highest BCUT2D eigenvalue weighted by atomic mass is 32.2. The predicted octanol–water partition coefficient (Wildman–Crippen LogP) is 3.88. The van der Waals surface area contributed by atoms with Crippen LogP contribution in [-0.4, -0.2) is 41.9 Å². The molecular weight excluding hydrogens is 326 g/mol. The van der Waals surface area contributed by atoms with E-state index in [2.05, 4.69) is 0 Å². The summed E-state index contributed by atoms with van der Waals surface area (Å²) in [7, 11) is 0. The van der Waals surface area contributed by atoms with Gasteiger partial charge >= 0.3 is 12.1 Å². The van der Waals surface area contributed by atoms with Crippen LogP contribution in [0.1, 0.15) is 27.2 Å². The zero-order valence-electron chi connectivity index (χ0n) is 14.5. The molecule has 1 aliphatic heterocycles. The van der Waals surface area contributed by atoms with Gasteiger partial charge in [0, 0.05) is 11.4 Å². The highest BCUT2D eigenvalue weighted by Crippen LogP contribution is 2.21. The molecule has 130 valence electrons. The molecule has 1 heterocycles. The lowest BCUT2D eigenvalue weighted by atomic mass is 10.1. The molecule has 0 aromatic heterocycles. The third-order valence-electron chi connectivity index (χ3n) is 3.33. The molecule has 1 aromatic rings. The molecule has 0 aliphatic carbocycles. The van der Waals surface area contributed by atoms with E-state index >= 15 is 0 Å². The molecule has 1 aromatic carbocycles. The minimum absolute atomic E-state index is 0.205. The Kier molecular flexibility index (Phi) is 5.94. The summed E-state index contributed by atoms with van der Waals surface area (Å²) in [6.07, 6.45) is 4.00. The standard InChI is InChI=1S/C18H23NO4S/c1-18(2,3)23-17(21)19-11-5-6-13(12-19)16(20)22-14-7-9-15(24-4)10-8-14/h6-10H,5,11-12H2,1-4H3. The van der Waals surface area contributed by atoms with Crippen molar-refractivity contribution in [3.05, 3.63) is 35.9 Å². The zero-order chi connectivity index (χ0) is 17.7. The fourth-order valence-corrected chi connectivity index (χ4v) is 2.60. The summed E-state index contributed by atoms with van der Waals surface area (Å²) < 4.78 is 10.7. The Morgan fingerprint density at radius 2 is 1.83 bits per heavy atom. The first kappa shape index (κ1) is 18.4. The highest BCUT2D eigenvalue weighted by Gasteiger charge is 2.27. The van der Waals surface area contributed by atoms with Crippen LogP contribution in [0.2, 0.25) is 0 Å². The Morgan fingerprint density at radius 3 is 2.42 bits per heavy atom. The highest BCUT2D eigenvalue weighted by molar-refractivity contribution is 7.98. The number of amides is 1. The van der Waals surface area contributed by atoms with Crippen molar-refractivity contribution < 1.29 is 19.1 Å². The summed E-state index contributed by atoms with van der Waals surface area (Å²) in [6, 6.07) is 7.32. The van der Waals surface area contributed by atoms with Gasteiger partial charge in [-0.1, -0.05) is 6.08 Å². The van der Waals surface area contributed by atoms with Crippen LogP contribution in [0.5, 0.6) is 5.75 Å². The lowest BCUT2D eigenvalue weighted by Crippen LogP contribution is -2.41. The van der Waals surface area contributed by atoms with Crippen molar-refractivity contribution >= 4 is 23.8 Å².